The molecular weight excluding hydrogens is 420 g/mol. The molecule has 3 nitrogen and oxygen atoms in total. The predicted octanol–water partition coefficient (Wildman–Crippen LogP) is 4.29. The lowest BCUT2D eigenvalue weighted by molar-refractivity contribution is 0.593. The Morgan fingerprint density at radius 3 is 2.25 bits per heavy atom. The van der Waals surface area contributed by atoms with Crippen LogP contribution in [-0.4, -0.2) is 8.42 Å². The second kappa shape index (κ2) is 5.79. The third-order valence-corrected chi connectivity index (χ3v) is 5.04. The molecule has 0 fully saturated rings. The fraction of sp³-hybridized carbons (Fsp3) is 0. The first kappa shape index (κ1) is 15.4. The van der Waals surface area contributed by atoms with Crippen LogP contribution in [0, 0.1) is 11.6 Å². The van der Waals surface area contributed by atoms with Gasteiger partial charge in [-0.05, 0) is 68.3 Å². The normalized spacial score (nSPS) is 11.4. The molecule has 8 heteroatoms. The number of anilines is 1. The summed E-state index contributed by atoms with van der Waals surface area (Å²) in [6.07, 6.45) is 0. The highest BCUT2D eigenvalue weighted by Crippen LogP contribution is 2.27. The molecule has 0 radical (unpaired) electrons. The van der Waals surface area contributed by atoms with Crippen LogP contribution in [0.4, 0.5) is 14.5 Å². The molecule has 0 aromatic heterocycles. The zero-order valence-electron chi connectivity index (χ0n) is 9.70. The van der Waals surface area contributed by atoms with Crippen molar-refractivity contribution in [2.24, 2.45) is 0 Å². The minimum absolute atomic E-state index is 0.162. The van der Waals surface area contributed by atoms with E-state index in [9.17, 15) is 17.2 Å². The molecule has 0 aliphatic heterocycles. The van der Waals surface area contributed by atoms with E-state index in [1.165, 1.54) is 18.2 Å². The summed E-state index contributed by atoms with van der Waals surface area (Å²) in [5.41, 5.74) is 0.162. The standard InChI is InChI=1S/C12H7Br2F2NO2S/c13-9-3-2-8(6-11(9)16)20(18,19)17-12-4-1-7(15)5-10(12)14/h1-6,17H. The molecule has 106 valence electrons. The van der Waals surface area contributed by atoms with Gasteiger partial charge in [-0.2, -0.15) is 0 Å². The van der Waals surface area contributed by atoms with Crippen molar-refractivity contribution in [3.63, 3.8) is 0 Å². The fourth-order valence-corrected chi connectivity index (χ4v) is 3.34. The minimum Gasteiger partial charge on any atom is -0.278 e. The van der Waals surface area contributed by atoms with Crippen LogP contribution in [0.3, 0.4) is 0 Å². The van der Waals surface area contributed by atoms with E-state index >= 15 is 0 Å². The van der Waals surface area contributed by atoms with E-state index in [2.05, 4.69) is 36.6 Å². The number of hydrogen-bond donors (Lipinski definition) is 1. The molecule has 0 bridgehead atoms. The van der Waals surface area contributed by atoms with Crippen LogP contribution < -0.4 is 4.72 Å². The number of rotatable bonds is 3. The molecule has 2 aromatic carbocycles. The summed E-state index contributed by atoms with van der Waals surface area (Å²) in [5, 5.41) is 0. The molecule has 1 N–H and O–H groups in total. The van der Waals surface area contributed by atoms with Gasteiger partial charge >= 0.3 is 0 Å². The summed E-state index contributed by atoms with van der Waals surface area (Å²) < 4.78 is 53.2. The summed E-state index contributed by atoms with van der Waals surface area (Å²) in [6, 6.07) is 6.96. The van der Waals surface area contributed by atoms with Crippen LogP contribution >= 0.6 is 31.9 Å². The van der Waals surface area contributed by atoms with Crippen LogP contribution in [0.25, 0.3) is 0 Å². The van der Waals surface area contributed by atoms with Gasteiger partial charge in [0.1, 0.15) is 11.6 Å². The Balaban J connectivity index is 2.38. The Morgan fingerprint density at radius 2 is 1.65 bits per heavy atom. The Morgan fingerprint density at radius 1 is 0.950 bits per heavy atom. The maximum atomic E-state index is 13.4. The van der Waals surface area contributed by atoms with Crippen LogP contribution in [0.15, 0.2) is 50.2 Å². The van der Waals surface area contributed by atoms with Crippen molar-refractivity contribution < 1.29 is 17.2 Å². The Hall–Kier alpha value is -0.990. The molecule has 0 atom stereocenters. The van der Waals surface area contributed by atoms with Gasteiger partial charge in [0.25, 0.3) is 10.0 Å². The van der Waals surface area contributed by atoms with Crippen molar-refractivity contribution in [2.75, 3.05) is 4.72 Å². The highest BCUT2D eigenvalue weighted by Gasteiger charge is 2.17. The molecule has 20 heavy (non-hydrogen) atoms. The lowest BCUT2D eigenvalue weighted by atomic mass is 10.3. The van der Waals surface area contributed by atoms with Gasteiger partial charge in [0.15, 0.2) is 0 Å². The van der Waals surface area contributed by atoms with E-state index < -0.39 is 21.7 Å². The number of benzene rings is 2. The Labute approximate surface area is 131 Å². The molecule has 0 saturated heterocycles. The van der Waals surface area contributed by atoms with Gasteiger partial charge in [-0.25, -0.2) is 17.2 Å². The third kappa shape index (κ3) is 3.36. The maximum absolute atomic E-state index is 13.4. The molecule has 2 aromatic rings. The van der Waals surface area contributed by atoms with Crippen molar-refractivity contribution in [2.45, 2.75) is 4.90 Å². The van der Waals surface area contributed by atoms with Gasteiger partial charge in [-0.3, -0.25) is 4.72 Å². The topological polar surface area (TPSA) is 46.2 Å². The molecule has 2 rings (SSSR count). The van der Waals surface area contributed by atoms with E-state index in [1.54, 1.807) is 0 Å². The second-order valence-electron chi connectivity index (χ2n) is 3.81. The molecule has 0 unspecified atom stereocenters. The first-order chi connectivity index (χ1) is 9.29. The Kier molecular flexibility index (Phi) is 4.46. The van der Waals surface area contributed by atoms with Crippen LogP contribution in [0.5, 0.6) is 0 Å². The number of halogens is 4. The SMILES string of the molecule is O=S(=O)(Nc1ccc(F)cc1Br)c1ccc(Br)c(F)c1. The summed E-state index contributed by atoms with van der Waals surface area (Å²) in [5.74, 6) is -1.19. The van der Waals surface area contributed by atoms with E-state index in [4.69, 9.17) is 0 Å². The van der Waals surface area contributed by atoms with Gasteiger partial charge in [-0.15, -0.1) is 0 Å². The molecule has 0 saturated carbocycles. The quantitative estimate of drug-likeness (QED) is 0.795. The third-order valence-electron chi connectivity index (χ3n) is 2.38. The summed E-state index contributed by atoms with van der Waals surface area (Å²) in [6.45, 7) is 0. The number of sulfonamides is 1. The average molecular weight is 427 g/mol. The fourth-order valence-electron chi connectivity index (χ4n) is 1.42. The second-order valence-corrected chi connectivity index (χ2v) is 7.20. The van der Waals surface area contributed by atoms with E-state index in [-0.39, 0.29) is 19.5 Å². The van der Waals surface area contributed by atoms with Gasteiger partial charge < -0.3 is 0 Å². The molecule has 0 heterocycles. The number of hydrogen-bond acceptors (Lipinski definition) is 2. The summed E-state index contributed by atoms with van der Waals surface area (Å²) in [7, 11) is -3.95. The van der Waals surface area contributed by atoms with Crippen LogP contribution in [-0.2, 0) is 10.0 Å². The lowest BCUT2D eigenvalue weighted by Gasteiger charge is -2.10. The molecular formula is C12H7Br2F2NO2S. The first-order valence-corrected chi connectivity index (χ1v) is 8.29. The maximum Gasteiger partial charge on any atom is 0.262 e. The summed E-state index contributed by atoms with van der Waals surface area (Å²) in [4.78, 5) is -0.227. The molecule has 0 spiro atoms. The van der Waals surface area contributed by atoms with E-state index in [0.29, 0.717) is 0 Å². The Bertz CT molecular complexity index is 766. The average Bonchev–Trinajstić information content (AvgIpc) is 2.36. The lowest BCUT2D eigenvalue weighted by Crippen LogP contribution is -2.13. The van der Waals surface area contributed by atoms with Crippen LogP contribution in [0.2, 0.25) is 0 Å². The van der Waals surface area contributed by atoms with Gasteiger partial charge in [-0.1, -0.05) is 0 Å². The smallest absolute Gasteiger partial charge is 0.262 e. The van der Waals surface area contributed by atoms with Crippen molar-refractivity contribution in [3.8, 4) is 0 Å². The zero-order chi connectivity index (χ0) is 14.9. The van der Waals surface area contributed by atoms with Gasteiger partial charge in [0.2, 0.25) is 0 Å². The molecule has 0 aliphatic carbocycles. The van der Waals surface area contributed by atoms with Crippen molar-refractivity contribution >= 4 is 47.6 Å². The van der Waals surface area contributed by atoms with Gasteiger partial charge in [0, 0.05) is 4.47 Å². The van der Waals surface area contributed by atoms with Crippen molar-refractivity contribution in [3.05, 3.63) is 57.0 Å². The van der Waals surface area contributed by atoms with Crippen molar-refractivity contribution in [1.29, 1.82) is 0 Å². The van der Waals surface area contributed by atoms with Crippen molar-refractivity contribution in [1.82, 2.24) is 0 Å². The van der Waals surface area contributed by atoms with Crippen LogP contribution in [0.1, 0.15) is 0 Å². The molecule has 0 aliphatic rings. The largest absolute Gasteiger partial charge is 0.278 e. The zero-order valence-corrected chi connectivity index (χ0v) is 13.7. The van der Waals surface area contributed by atoms with E-state index in [0.717, 1.165) is 18.2 Å². The monoisotopic (exact) mass is 425 g/mol. The molecule has 0 amide bonds. The van der Waals surface area contributed by atoms with E-state index in [1.807, 2.05) is 0 Å². The van der Waals surface area contributed by atoms with Gasteiger partial charge in [0.05, 0.1) is 15.1 Å². The highest BCUT2D eigenvalue weighted by atomic mass is 79.9. The highest BCUT2D eigenvalue weighted by molar-refractivity contribution is 9.10. The predicted molar refractivity (Wildman–Crippen MR) is 79.0 cm³/mol. The number of nitrogens with one attached hydrogen (secondary N) is 1. The first-order valence-electron chi connectivity index (χ1n) is 5.22. The summed E-state index contributed by atoms with van der Waals surface area (Å²) >= 11 is 5.99. The minimum atomic E-state index is -3.95.